The summed E-state index contributed by atoms with van der Waals surface area (Å²) in [5, 5.41) is 9.02. The number of carbonyl (C=O) groups excluding carboxylic acids is 2. The van der Waals surface area contributed by atoms with Gasteiger partial charge in [0.1, 0.15) is 17.8 Å². The average molecular weight is 397 g/mol. The van der Waals surface area contributed by atoms with Crippen LogP contribution in [0.5, 0.6) is 5.75 Å². The highest BCUT2D eigenvalue weighted by Gasteiger charge is 2.62. The predicted octanol–water partition coefficient (Wildman–Crippen LogP) is 4.08. The summed E-state index contributed by atoms with van der Waals surface area (Å²) in [7, 11) is 0. The molecule has 0 aromatic heterocycles. The first-order valence-corrected chi connectivity index (χ1v) is 9.41. The second kappa shape index (κ2) is 8.34. The van der Waals surface area contributed by atoms with Crippen LogP contribution in [-0.4, -0.2) is 34.2 Å². The molecular formula is C22H23NO6. The Kier molecular flexibility index (Phi) is 5.87. The van der Waals surface area contributed by atoms with E-state index in [0.717, 1.165) is 16.9 Å². The standard InChI is InChI=1S/C22H23NO6/c1-3-13-22(2)19(26)23(21(27)28-14-15-7-5-4-6-8-15)20(22)29-17-11-9-16(10-12-17)18(24)25/h4-12,20H,3,13-14H2,1-2H3,(H,24,25)/t20-,22+/m0/s1. The molecule has 1 aliphatic rings. The Morgan fingerprint density at radius 1 is 1.10 bits per heavy atom. The lowest BCUT2D eigenvalue weighted by molar-refractivity contribution is -0.191. The highest BCUT2D eigenvalue weighted by Crippen LogP contribution is 2.44. The lowest BCUT2D eigenvalue weighted by Gasteiger charge is -2.51. The zero-order valence-corrected chi connectivity index (χ0v) is 16.3. The van der Waals surface area contributed by atoms with E-state index >= 15 is 0 Å². The topological polar surface area (TPSA) is 93.1 Å². The van der Waals surface area contributed by atoms with Crippen LogP contribution in [0.15, 0.2) is 54.6 Å². The molecule has 1 aliphatic heterocycles. The highest BCUT2D eigenvalue weighted by atomic mass is 16.6. The maximum Gasteiger partial charge on any atom is 0.419 e. The van der Waals surface area contributed by atoms with E-state index in [1.54, 1.807) is 6.92 Å². The Hall–Kier alpha value is -3.35. The number of nitrogens with zero attached hydrogens (tertiary/aromatic N) is 1. The molecule has 2 aromatic carbocycles. The molecule has 7 nitrogen and oxygen atoms in total. The molecule has 1 N–H and O–H groups in total. The number of aromatic carboxylic acids is 1. The number of rotatable bonds is 7. The van der Waals surface area contributed by atoms with Crippen LogP contribution in [0.1, 0.15) is 42.6 Å². The van der Waals surface area contributed by atoms with Gasteiger partial charge in [0.25, 0.3) is 0 Å². The molecule has 0 unspecified atom stereocenters. The smallest absolute Gasteiger partial charge is 0.419 e. The monoisotopic (exact) mass is 397 g/mol. The molecule has 2 aromatic rings. The van der Waals surface area contributed by atoms with Crippen molar-refractivity contribution in [2.24, 2.45) is 5.41 Å². The molecule has 1 fully saturated rings. The Morgan fingerprint density at radius 3 is 2.34 bits per heavy atom. The molecule has 2 atom stereocenters. The van der Waals surface area contributed by atoms with Gasteiger partial charge in [0.2, 0.25) is 5.91 Å². The second-order valence-corrected chi connectivity index (χ2v) is 7.18. The molecule has 152 valence electrons. The first-order chi connectivity index (χ1) is 13.9. The van der Waals surface area contributed by atoms with Crippen molar-refractivity contribution in [3.05, 3.63) is 65.7 Å². The molecule has 0 spiro atoms. The molecule has 0 radical (unpaired) electrons. The van der Waals surface area contributed by atoms with Gasteiger partial charge in [0.15, 0.2) is 6.23 Å². The minimum atomic E-state index is -1.04. The minimum Gasteiger partial charge on any atom is -0.478 e. The van der Waals surface area contributed by atoms with Gasteiger partial charge in [-0.15, -0.1) is 0 Å². The number of benzene rings is 2. The van der Waals surface area contributed by atoms with Crippen LogP contribution < -0.4 is 4.74 Å². The van der Waals surface area contributed by atoms with Gasteiger partial charge >= 0.3 is 12.1 Å². The second-order valence-electron chi connectivity index (χ2n) is 7.18. The first kappa shape index (κ1) is 20.4. The number of imide groups is 1. The van der Waals surface area contributed by atoms with Crippen molar-refractivity contribution in [2.75, 3.05) is 0 Å². The largest absolute Gasteiger partial charge is 0.478 e. The average Bonchev–Trinajstić information content (AvgIpc) is 2.73. The van der Waals surface area contributed by atoms with E-state index in [1.807, 2.05) is 37.3 Å². The predicted molar refractivity (Wildman–Crippen MR) is 104 cm³/mol. The Balaban J connectivity index is 1.75. The van der Waals surface area contributed by atoms with Crippen LogP contribution in [0, 0.1) is 5.41 Å². The van der Waals surface area contributed by atoms with Gasteiger partial charge in [-0.25, -0.2) is 14.5 Å². The van der Waals surface area contributed by atoms with Crippen LogP contribution in [-0.2, 0) is 16.1 Å². The normalized spacial score (nSPS) is 20.7. The number of carboxylic acids is 1. The van der Waals surface area contributed by atoms with Crippen LogP contribution >= 0.6 is 0 Å². The number of hydrogen-bond donors (Lipinski definition) is 1. The van der Waals surface area contributed by atoms with E-state index in [1.165, 1.54) is 24.3 Å². The summed E-state index contributed by atoms with van der Waals surface area (Å²) in [5.41, 5.74) is 0.0794. The molecule has 1 saturated heterocycles. The van der Waals surface area contributed by atoms with E-state index < -0.39 is 23.7 Å². The number of likely N-dealkylation sites (tertiary alicyclic amines) is 1. The summed E-state index contributed by atoms with van der Waals surface area (Å²) < 4.78 is 11.2. The molecular weight excluding hydrogens is 374 g/mol. The van der Waals surface area contributed by atoms with E-state index in [-0.39, 0.29) is 18.1 Å². The quantitative estimate of drug-likeness (QED) is 0.708. The van der Waals surface area contributed by atoms with E-state index in [0.29, 0.717) is 12.2 Å². The Morgan fingerprint density at radius 2 is 1.76 bits per heavy atom. The fourth-order valence-electron chi connectivity index (χ4n) is 3.41. The van der Waals surface area contributed by atoms with E-state index in [2.05, 4.69) is 0 Å². The van der Waals surface area contributed by atoms with Gasteiger partial charge in [0, 0.05) is 0 Å². The summed E-state index contributed by atoms with van der Waals surface area (Å²) in [6.45, 7) is 3.76. The molecule has 1 heterocycles. The van der Waals surface area contributed by atoms with Crippen molar-refractivity contribution in [2.45, 2.75) is 39.5 Å². The number of β-lactam (4-membered cyclic amide) rings is 1. The van der Waals surface area contributed by atoms with Gasteiger partial charge in [0.05, 0.1) is 5.56 Å². The van der Waals surface area contributed by atoms with Crippen LogP contribution in [0.4, 0.5) is 4.79 Å². The number of hydrogen-bond acceptors (Lipinski definition) is 5. The highest BCUT2D eigenvalue weighted by molar-refractivity contribution is 6.01. The lowest BCUT2D eigenvalue weighted by Crippen LogP contribution is -2.71. The Labute approximate surface area is 168 Å². The maximum atomic E-state index is 12.7. The third kappa shape index (κ3) is 4.08. The third-order valence-corrected chi connectivity index (χ3v) is 5.01. The van der Waals surface area contributed by atoms with Gasteiger partial charge in [-0.1, -0.05) is 43.7 Å². The number of ether oxygens (including phenoxy) is 2. The van der Waals surface area contributed by atoms with Crippen molar-refractivity contribution in [1.82, 2.24) is 4.90 Å². The molecule has 0 aliphatic carbocycles. The van der Waals surface area contributed by atoms with E-state index in [4.69, 9.17) is 14.6 Å². The van der Waals surface area contributed by atoms with Crippen LogP contribution in [0.3, 0.4) is 0 Å². The number of amides is 2. The molecule has 0 bridgehead atoms. The summed E-state index contributed by atoms with van der Waals surface area (Å²) in [6, 6.07) is 15.0. The maximum absolute atomic E-state index is 12.7. The van der Waals surface area contributed by atoms with Crippen LogP contribution in [0.25, 0.3) is 0 Å². The molecule has 0 saturated carbocycles. The first-order valence-electron chi connectivity index (χ1n) is 9.41. The van der Waals surface area contributed by atoms with Crippen molar-refractivity contribution in [3.8, 4) is 5.75 Å². The molecule has 3 rings (SSSR count). The summed E-state index contributed by atoms with van der Waals surface area (Å²) in [5.74, 6) is -1.02. The third-order valence-electron chi connectivity index (χ3n) is 5.01. The summed E-state index contributed by atoms with van der Waals surface area (Å²) >= 11 is 0. The fraction of sp³-hybridized carbons (Fsp3) is 0.318. The van der Waals surface area contributed by atoms with Crippen molar-refractivity contribution in [3.63, 3.8) is 0 Å². The SMILES string of the molecule is CCC[C@]1(C)C(=O)N(C(=O)OCc2ccccc2)[C@H]1Oc1ccc(C(=O)O)cc1. The molecule has 2 amide bonds. The van der Waals surface area contributed by atoms with Gasteiger partial charge in [-0.05, 0) is 43.2 Å². The zero-order chi connectivity index (χ0) is 21.0. The molecule has 29 heavy (non-hydrogen) atoms. The zero-order valence-electron chi connectivity index (χ0n) is 16.3. The number of carboxylic acid groups (broad SMARTS) is 1. The lowest BCUT2D eigenvalue weighted by atomic mass is 9.75. The minimum absolute atomic E-state index is 0.0496. The van der Waals surface area contributed by atoms with Crippen molar-refractivity contribution >= 4 is 18.0 Å². The van der Waals surface area contributed by atoms with Gasteiger partial charge in [-0.2, -0.15) is 0 Å². The summed E-state index contributed by atoms with van der Waals surface area (Å²) in [4.78, 5) is 37.3. The van der Waals surface area contributed by atoms with Crippen molar-refractivity contribution in [1.29, 1.82) is 0 Å². The van der Waals surface area contributed by atoms with Gasteiger partial charge < -0.3 is 14.6 Å². The van der Waals surface area contributed by atoms with Gasteiger partial charge in [-0.3, -0.25) is 4.79 Å². The van der Waals surface area contributed by atoms with Crippen molar-refractivity contribution < 1.29 is 29.0 Å². The van der Waals surface area contributed by atoms with E-state index in [9.17, 15) is 14.4 Å². The number of carbonyl (C=O) groups is 3. The summed E-state index contributed by atoms with van der Waals surface area (Å²) in [6.07, 6.45) is -0.299. The fourth-order valence-corrected chi connectivity index (χ4v) is 3.41. The Bertz CT molecular complexity index is 895. The molecule has 7 heteroatoms. The van der Waals surface area contributed by atoms with Crippen LogP contribution in [0.2, 0.25) is 0 Å².